The first-order chi connectivity index (χ1) is 8.11. The quantitative estimate of drug-likeness (QED) is 0.854. The van der Waals surface area contributed by atoms with Crippen molar-refractivity contribution in [3.05, 3.63) is 54.3 Å². The van der Waals surface area contributed by atoms with E-state index in [1.807, 2.05) is 36.7 Å². The van der Waals surface area contributed by atoms with E-state index in [1.54, 1.807) is 12.1 Å². The molecular weight excluding hydrogens is 214 g/mol. The Kier molecular flexibility index (Phi) is 2.95. The van der Waals surface area contributed by atoms with Gasteiger partial charge in [0.25, 0.3) is 5.91 Å². The molecule has 0 aliphatic carbocycles. The van der Waals surface area contributed by atoms with Crippen LogP contribution in [0.2, 0.25) is 0 Å². The van der Waals surface area contributed by atoms with Crippen LogP contribution in [0.3, 0.4) is 0 Å². The largest absolute Gasteiger partial charge is 0.350 e. The van der Waals surface area contributed by atoms with Crippen LogP contribution < -0.4 is 5.32 Å². The fourth-order valence-corrected chi connectivity index (χ4v) is 1.77. The maximum absolute atomic E-state index is 11.5. The summed E-state index contributed by atoms with van der Waals surface area (Å²) >= 11 is 0. The van der Waals surface area contributed by atoms with Crippen molar-refractivity contribution >= 4 is 5.91 Å². The van der Waals surface area contributed by atoms with E-state index in [0.29, 0.717) is 5.56 Å². The lowest BCUT2D eigenvalue weighted by Gasteiger charge is -2.06. The van der Waals surface area contributed by atoms with Crippen LogP contribution in [0.15, 0.2) is 30.3 Å². The molecule has 2 aromatic rings. The normalized spacial score (nSPS) is 10.3. The molecule has 4 heteroatoms. The Labute approximate surface area is 100 Å². The fraction of sp³-hybridized carbons (Fsp3) is 0.154. The van der Waals surface area contributed by atoms with E-state index in [9.17, 15) is 4.79 Å². The minimum atomic E-state index is -0.201. The van der Waals surface area contributed by atoms with Crippen molar-refractivity contribution in [2.45, 2.75) is 13.8 Å². The lowest BCUT2D eigenvalue weighted by molar-refractivity contribution is 0.0969. The number of nitrogens with one attached hydrogen (secondary N) is 1. The second kappa shape index (κ2) is 4.41. The van der Waals surface area contributed by atoms with Crippen LogP contribution in [0.1, 0.15) is 21.7 Å². The smallest absolute Gasteiger partial charge is 0.251 e. The standard InChI is InChI=1S/C13H14N3O/c1-9-7-10(2)16(15-9)12-6-4-5-11(8-12)13(17)14-3/h4-8H,3H2,1-2H3,(H,14,17). The number of carbonyl (C=O) groups excluding carboxylic acids is 1. The van der Waals surface area contributed by atoms with Gasteiger partial charge < -0.3 is 5.32 Å². The maximum Gasteiger partial charge on any atom is 0.251 e. The summed E-state index contributed by atoms with van der Waals surface area (Å²) in [6, 6.07) is 9.28. The van der Waals surface area contributed by atoms with Gasteiger partial charge in [0.2, 0.25) is 0 Å². The molecule has 0 saturated heterocycles. The van der Waals surface area contributed by atoms with Crippen LogP contribution in [-0.4, -0.2) is 15.7 Å². The van der Waals surface area contributed by atoms with Gasteiger partial charge in [-0.1, -0.05) is 6.07 Å². The third kappa shape index (κ3) is 2.20. The molecule has 1 aromatic heterocycles. The van der Waals surface area contributed by atoms with Crippen LogP contribution in [0.5, 0.6) is 0 Å². The highest BCUT2D eigenvalue weighted by molar-refractivity contribution is 5.94. The molecule has 0 aliphatic heterocycles. The van der Waals surface area contributed by atoms with Gasteiger partial charge >= 0.3 is 0 Å². The molecule has 0 fully saturated rings. The number of rotatable bonds is 2. The SMILES string of the molecule is [CH2]NC(=O)c1cccc(-n2nc(C)cc2C)c1. The summed E-state index contributed by atoms with van der Waals surface area (Å²) in [5.74, 6) is -0.201. The number of hydrogen-bond donors (Lipinski definition) is 1. The van der Waals surface area contributed by atoms with Crippen LogP contribution in [-0.2, 0) is 0 Å². The Morgan fingerprint density at radius 2 is 2.12 bits per heavy atom. The molecule has 1 heterocycles. The first-order valence-corrected chi connectivity index (χ1v) is 5.33. The van der Waals surface area contributed by atoms with Gasteiger partial charge in [-0.2, -0.15) is 5.10 Å². The number of nitrogens with zero attached hydrogens (tertiary/aromatic N) is 2. The van der Waals surface area contributed by atoms with E-state index in [4.69, 9.17) is 0 Å². The highest BCUT2D eigenvalue weighted by atomic mass is 16.1. The molecule has 1 N–H and O–H groups in total. The van der Waals surface area contributed by atoms with Gasteiger partial charge in [0.1, 0.15) is 0 Å². The van der Waals surface area contributed by atoms with Crippen molar-refractivity contribution in [2.24, 2.45) is 0 Å². The zero-order valence-electron chi connectivity index (χ0n) is 9.90. The Bertz CT molecular complexity index is 558. The van der Waals surface area contributed by atoms with Gasteiger partial charge in [-0.05, 0) is 38.1 Å². The van der Waals surface area contributed by atoms with Gasteiger partial charge in [0, 0.05) is 18.3 Å². The van der Waals surface area contributed by atoms with E-state index in [1.165, 1.54) is 0 Å². The van der Waals surface area contributed by atoms with Crippen molar-refractivity contribution in [2.75, 3.05) is 0 Å². The van der Waals surface area contributed by atoms with Gasteiger partial charge in [0.15, 0.2) is 0 Å². The van der Waals surface area contributed by atoms with E-state index < -0.39 is 0 Å². The second-order valence-corrected chi connectivity index (χ2v) is 3.90. The predicted molar refractivity (Wildman–Crippen MR) is 65.9 cm³/mol. The third-order valence-electron chi connectivity index (χ3n) is 2.52. The van der Waals surface area contributed by atoms with Gasteiger partial charge in [-0.3, -0.25) is 4.79 Å². The van der Waals surface area contributed by atoms with Crippen molar-refractivity contribution < 1.29 is 4.79 Å². The first-order valence-electron chi connectivity index (χ1n) is 5.33. The number of benzene rings is 1. The average Bonchev–Trinajstić information content (AvgIpc) is 2.67. The van der Waals surface area contributed by atoms with Crippen LogP contribution in [0, 0.1) is 20.9 Å². The molecule has 1 aromatic carbocycles. The molecule has 1 radical (unpaired) electrons. The summed E-state index contributed by atoms with van der Waals surface area (Å²) in [5, 5.41) is 6.74. The monoisotopic (exact) mass is 228 g/mol. The Balaban J connectivity index is 2.46. The molecule has 1 amide bonds. The van der Waals surface area contributed by atoms with Crippen LogP contribution >= 0.6 is 0 Å². The number of hydrogen-bond acceptors (Lipinski definition) is 2. The van der Waals surface area contributed by atoms with Gasteiger partial charge in [0.05, 0.1) is 11.4 Å². The number of amides is 1. The highest BCUT2D eigenvalue weighted by Gasteiger charge is 2.07. The molecule has 87 valence electrons. The zero-order valence-corrected chi connectivity index (χ0v) is 9.90. The summed E-state index contributed by atoms with van der Waals surface area (Å²) < 4.78 is 1.81. The minimum Gasteiger partial charge on any atom is -0.350 e. The number of aromatic nitrogens is 2. The molecule has 2 rings (SSSR count). The zero-order chi connectivity index (χ0) is 12.4. The second-order valence-electron chi connectivity index (χ2n) is 3.90. The summed E-state index contributed by atoms with van der Waals surface area (Å²) in [5.41, 5.74) is 3.44. The minimum absolute atomic E-state index is 0.201. The van der Waals surface area contributed by atoms with Crippen molar-refractivity contribution in [1.29, 1.82) is 0 Å². The third-order valence-corrected chi connectivity index (χ3v) is 2.52. The summed E-state index contributed by atoms with van der Waals surface area (Å²) in [6.45, 7) is 3.92. The molecule has 0 bridgehead atoms. The molecule has 0 aliphatic rings. The lowest BCUT2D eigenvalue weighted by Crippen LogP contribution is -2.15. The molecule has 17 heavy (non-hydrogen) atoms. The van der Waals surface area contributed by atoms with E-state index in [-0.39, 0.29) is 5.91 Å². The van der Waals surface area contributed by atoms with Crippen LogP contribution in [0.25, 0.3) is 5.69 Å². The Hall–Kier alpha value is -2.10. The van der Waals surface area contributed by atoms with Crippen molar-refractivity contribution in [3.63, 3.8) is 0 Å². The highest BCUT2D eigenvalue weighted by Crippen LogP contribution is 2.13. The Morgan fingerprint density at radius 1 is 1.35 bits per heavy atom. The Morgan fingerprint density at radius 3 is 2.71 bits per heavy atom. The predicted octanol–water partition coefficient (Wildman–Crippen LogP) is 2.01. The molecule has 0 atom stereocenters. The van der Waals surface area contributed by atoms with Crippen LogP contribution in [0.4, 0.5) is 0 Å². The summed E-state index contributed by atoms with van der Waals surface area (Å²) in [7, 11) is 3.36. The summed E-state index contributed by atoms with van der Waals surface area (Å²) in [6.07, 6.45) is 0. The van der Waals surface area contributed by atoms with Gasteiger partial charge in [-0.25, -0.2) is 4.68 Å². The average molecular weight is 228 g/mol. The topological polar surface area (TPSA) is 46.9 Å². The maximum atomic E-state index is 11.5. The number of carbonyl (C=O) groups is 1. The lowest BCUT2D eigenvalue weighted by atomic mass is 10.2. The van der Waals surface area contributed by atoms with Crippen molar-refractivity contribution in [1.82, 2.24) is 15.1 Å². The van der Waals surface area contributed by atoms with E-state index in [0.717, 1.165) is 17.1 Å². The molecule has 0 saturated carbocycles. The molecule has 0 unspecified atom stereocenters. The van der Waals surface area contributed by atoms with Crippen molar-refractivity contribution in [3.8, 4) is 5.69 Å². The molecule has 4 nitrogen and oxygen atoms in total. The fourth-order valence-electron chi connectivity index (χ4n) is 1.77. The summed E-state index contributed by atoms with van der Waals surface area (Å²) in [4.78, 5) is 11.5. The van der Waals surface area contributed by atoms with E-state index >= 15 is 0 Å². The number of aryl methyl sites for hydroxylation is 2. The first kappa shape index (κ1) is 11.4. The van der Waals surface area contributed by atoms with Gasteiger partial charge in [-0.15, -0.1) is 0 Å². The molecule has 0 spiro atoms. The molecular formula is C13H14N3O. The van der Waals surface area contributed by atoms with E-state index in [2.05, 4.69) is 17.5 Å².